The number of aromatic nitrogens is 2. The third kappa shape index (κ3) is 5.79. The van der Waals surface area contributed by atoms with Crippen molar-refractivity contribution in [2.24, 2.45) is 0 Å². The SMILES string of the molecule is Cc1noc(NS(=O)(=O)c2ccccc2-c2ccc(-c3ncco3)cc2CN(C)C(=O)Cc2c(F)cccc2F)c1C. The summed E-state index contributed by atoms with van der Waals surface area (Å²) < 4.78 is 68.7. The van der Waals surface area contributed by atoms with E-state index in [9.17, 15) is 22.0 Å². The Balaban J connectivity index is 1.54. The van der Waals surface area contributed by atoms with Crippen LogP contribution in [-0.4, -0.2) is 36.4 Å². The van der Waals surface area contributed by atoms with E-state index in [1.165, 1.54) is 36.5 Å². The molecule has 3 aromatic carbocycles. The maximum Gasteiger partial charge on any atom is 0.264 e. The van der Waals surface area contributed by atoms with E-state index in [4.69, 9.17) is 8.94 Å². The zero-order chi connectivity index (χ0) is 30.0. The topological polar surface area (TPSA) is 119 Å². The summed E-state index contributed by atoms with van der Waals surface area (Å²) in [5.74, 6) is -1.83. The van der Waals surface area contributed by atoms with E-state index in [0.29, 0.717) is 39.4 Å². The van der Waals surface area contributed by atoms with Crippen LogP contribution in [-0.2, 0) is 27.8 Å². The van der Waals surface area contributed by atoms with Crippen molar-refractivity contribution in [1.82, 2.24) is 15.0 Å². The Morgan fingerprint density at radius 3 is 2.40 bits per heavy atom. The molecule has 2 heterocycles. The Labute approximate surface area is 240 Å². The lowest BCUT2D eigenvalue weighted by atomic mass is 9.96. The van der Waals surface area contributed by atoms with E-state index >= 15 is 0 Å². The van der Waals surface area contributed by atoms with Gasteiger partial charge in [-0.05, 0) is 55.3 Å². The highest BCUT2D eigenvalue weighted by atomic mass is 32.2. The molecule has 42 heavy (non-hydrogen) atoms. The zero-order valence-corrected chi connectivity index (χ0v) is 23.7. The fourth-order valence-corrected chi connectivity index (χ4v) is 5.70. The first-order chi connectivity index (χ1) is 20.0. The molecule has 0 saturated carbocycles. The van der Waals surface area contributed by atoms with Crippen LogP contribution in [0.5, 0.6) is 0 Å². The normalized spacial score (nSPS) is 11.5. The smallest absolute Gasteiger partial charge is 0.264 e. The largest absolute Gasteiger partial charge is 0.445 e. The minimum absolute atomic E-state index is 0.00692. The number of anilines is 1. The van der Waals surface area contributed by atoms with Gasteiger partial charge in [-0.2, -0.15) is 0 Å². The lowest BCUT2D eigenvalue weighted by Crippen LogP contribution is -2.28. The maximum absolute atomic E-state index is 14.2. The second kappa shape index (κ2) is 11.6. The molecular weight excluding hydrogens is 566 g/mol. The van der Waals surface area contributed by atoms with Gasteiger partial charge in [-0.25, -0.2) is 26.9 Å². The first-order valence-electron chi connectivity index (χ1n) is 12.8. The van der Waals surface area contributed by atoms with Gasteiger partial charge in [0.15, 0.2) is 0 Å². The third-order valence-electron chi connectivity index (χ3n) is 6.86. The molecule has 0 radical (unpaired) electrons. The number of nitrogens with zero attached hydrogens (tertiary/aromatic N) is 3. The second-order valence-corrected chi connectivity index (χ2v) is 11.3. The molecule has 0 atom stereocenters. The lowest BCUT2D eigenvalue weighted by molar-refractivity contribution is -0.129. The zero-order valence-electron chi connectivity index (χ0n) is 22.9. The number of benzene rings is 3. The molecule has 0 spiro atoms. The first-order valence-corrected chi connectivity index (χ1v) is 14.3. The number of nitrogens with one attached hydrogen (secondary N) is 1. The van der Waals surface area contributed by atoms with Crippen LogP contribution < -0.4 is 4.72 Å². The summed E-state index contributed by atoms with van der Waals surface area (Å²) >= 11 is 0. The standard InChI is InChI=1S/C30H26F2N4O5S/c1-18-19(2)34-41-29(18)35-42(38,39)27-10-5-4-7-23(27)22-12-11-20(30-33-13-14-40-30)15-21(22)17-36(3)28(37)16-24-25(31)8-6-9-26(24)32/h4-15,35H,16-17H2,1-3H3. The van der Waals surface area contributed by atoms with E-state index in [-0.39, 0.29) is 22.9 Å². The van der Waals surface area contributed by atoms with Gasteiger partial charge in [0, 0.05) is 35.8 Å². The van der Waals surface area contributed by atoms with Crippen LogP contribution in [0.15, 0.2) is 87.0 Å². The van der Waals surface area contributed by atoms with Crippen molar-refractivity contribution in [3.8, 4) is 22.6 Å². The maximum atomic E-state index is 14.2. The number of amides is 1. The highest BCUT2D eigenvalue weighted by molar-refractivity contribution is 7.92. The van der Waals surface area contributed by atoms with Gasteiger partial charge in [0.1, 0.15) is 17.9 Å². The lowest BCUT2D eigenvalue weighted by Gasteiger charge is -2.21. The number of carbonyl (C=O) groups excluding carboxylic acids is 1. The van der Waals surface area contributed by atoms with E-state index in [2.05, 4.69) is 14.9 Å². The van der Waals surface area contributed by atoms with Crippen molar-refractivity contribution in [3.63, 3.8) is 0 Å². The molecule has 5 rings (SSSR count). The average Bonchev–Trinajstić information content (AvgIpc) is 3.61. The van der Waals surface area contributed by atoms with E-state index in [0.717, 1.165) is 12.1 Å². The minimum Gasteiger partial charge on any atom is -0.445 e. The van der Waals surface area contributed by atoms with E-state index in [1.807, 2.05) is 0 Å². The fraction of sp³-hybridized carbons (Fsp3) is 0.167. The number of aryl methyl sites for hydroxylation is 1. The van der Waals surface area contributed by atoms with Gasteiger partial charge in [-0.1, -0.05) is 35.5 Å². The average molecular weight is 593 g/mol. The fourth-order valence-electron chi connectivity index (χ4n) is 4.43. The van der Waals surface area contributed by atoms with Gasteiger partial charge in [0.25, 0.3) is 10.0 Å². The molecule has 0 fully saturated rings. The van der Waals surface area contributed by atoms with Crippen molar-refractivity contribution in [2.45, 2.75) is 31.7 Å². The summed E-state index contributed by atoms with van der Waals surface area (Å²) in [6, 6.07) is 15.0. The Morgan fingerprint density at radius 1 is 1.00 bits per heavy atom. The predicted molar refractivity (Wildman–Crippen MR) is 151 cm³/mol. The molecule has 0 aliphatic rings. The van der Waals surface area contributed by atoms with Crippen LogP contribution in [0.25, 0.3) is 22.6 Å². The minimum atomic E-state index is -4.14. The number of hydrogen-bond donors (Lipinski definition) is 1. The van der Waals surface area contributed by atoms with Crippen molar-refractivity contribution >= 4 is 21.8 Å². The summed E-state index contributed by atoms with van der Waals surface area (Å²) in [6.45, 7) is 3.38. The third-order valence-corrected chi connectivity index (χ3v) is 8.25. The number of carbonyl (C=O) groups is 1. The molecule has 2 aromatic heterocycles. The molecule has 0 aliphatic carbocycles. The molecule has 0 unspecified atom stereocenters. The van der Waals surface area contributed by atoms with Gasteiger partial charge in [0.2, 0.25) is 17.7 Å². The number of sulfonamides is 1. The van der Waals surface area contributed by atoms with E-state index in [1.54, 1.807) is 50.2 Å². The van der Waals surface area contributed by atoms with Crippen molar-refractivity contribution < 1.29 is 30.9 Å². The Bertz CT molecular complexity index is 1850. The first kappa shape index (κ1) is 28.7. The summed E-state index contributed by atoms with van der Waals surface area (Å²) in [7, 11) is -2.64. The van der Waals surface area contributed by atoms with Gasteiger partial charge >= 0.3 is 0 Å². The summed E-state index contributed by atoms with van der Waals surface area (Å²) in [6.07, 6.45) is 2.42. The number of likely N-dealkylation sites (N-methyl/N-ethyl adjacent to an activating group) is 1. The second-order valence-electron chi connectivity index (χ2n) is 9.66. The van der Waals surface area contributed by atoms with Crippen LogP contribution >= 0.6 is 0 Å². The summed E-state index contributed by atoms with van der Waals surface area (Å²) in [4.78, 5) is 18.5. The van der Waals surface area contributed by atoms with Crippen LogP contribution in [0, 0.1) is 25.5 Å². The van der Waals surface area contributed by atoms with Gasteiger partial charge in [0.05, 0.1) is 23.2 Å². The molecule has 0 aliphatic heterocycles. The summed E-state index contributed by atoms with van der Waals surface area (Å²) in [5, 5.41) is 3.81. The Hall–Kier alpha value is -4.84. The highest BCUT2D eigenvalue weighted by Gasteiger charge is 2.25. The Kier molecular flexibility index (Phi) is 7.90. The van der Waals surface area contributed by atoms with Gasteiger partial charge < -0.3 is 13.8 Å². The van der Waals surface area contributed by atoms with Gasteiger partial charge in [-0.3, -0.25) is 4.79 Å². The summed E-state index contributed by atoms with van der Waals surface area (Å²) in [5.41, 5.74) is 2.77. The number of rotatable bonds is 9. The molecular formula is C30H26F2N4O5S. The Morgan fingerprint density at radius 2 is 1.74 bits per heavy atom. The van der Waals surface area contributed by atoms with Crippen molar-refractivity contribution in [2.75, 3.05) is 11.8 Å². The molecule has 1 amide bonds. The van der Waals surface area contributed by atoms with Crippen LogP contribution in [0.4, 0.5) is 14.7 Å². The monoisotopic (exact) mass is 592 g/mol. The quantitative estimate of drug-likeness (QED) is 0.227. The van der Waals surface area contributed by atoms with E-state index < -0.39 is 34.0 Å². The van der Waals surface area contributed by atoms with Crippen molar-refractivity contribution in [3.05, 3.63) is 107 Å². The number of oxazole rings is 1. The molecule has 5 aromatic rings. The molecule has 0 saturated heterocycles. The molecule has 0 bridgehead atoms. The van der Waals surface area contributed by atoms with Crippen molar-refractivity contribution in [1.29, 1.82) is 0 Å². The predicted octanol–water partition coefficient (Wildman–Crippen LogP) is 5.89. The van der Waals surface area contributed by atoms with Crippen LogP contribution in [0.2, 0.25) is 0 Å². The molecule has 9 nitrogen and oxygen atoms in total. The molecule has 1 N–H and O–H groups in total. The molecule has 12 heteroatoms. The molecule has 216 valence electrons. The number of halogens is 2. The number of hydrogen-bond acceptors (Lipinski definition) is 7. The highest BCUT2D eigenvalue weighted by Crippen LogP contribution is 2.35. The van der Waals surface area contributed by atoms with Crippen LogP contribution in [0.1, 0.15) is 22.4 Å². The van der Waals surface area contributed by atoms with Gasteiger partial charge in [-0.15, -0.1) is 0 Å². The van der Waals surface area contributed by atoms with Crippen LogP contribution in [0.3, 0.4) is 0 Å².